The van der Waals surface area contributed by atoms with Crippen LogP contribution in [0.15, 0.2) is 59.6 Å². The Balaban J connectivity index is 0.00000408. The van der Waals surface area contributed by atoms with E-state index in [0.717, 1.165) is 17.7 Å². The third-order valence-electron chi connectivity index (χ3n) is 5.52. The molecule has 0 bridgehead atoms. The number of rotatable bonds is 8. The number of nitrogens with two attached hydrogens (primary N) is 1. The van der Waals surface area contributed by atoms with Crippen LogP contribution in [0, 0.1) is 17.1 Å². The van der Waals surface area contributed by atoms with Crippen molar-refractivity contribution in [1.82, 2.24) is 20.4 Å². The van der Waals surface area contributed by atoms with E-state index in [1.54, 1.807) is 23.9 Å². The molecule has 0 fully saturated rings. The molecule has 4 N–H and O–H groups in total. The highest BCUT2D eigenvalue weighted by atomic mass is 127. The van der Waals surface area contributed by atoms with Gasteiger partial charge in [-0.05, 0) is 42.7 Å². The number of para-hydroxylation sites is 1. The quantitative estimate of drug-likeness (QED) is 0.162. The van der Waals surface area contributed by atoms with Crippen LogP contribution in [0.5, 0.6) is 0 Å². The van der Waals surface area contributed by atoms with Crippen LogP contribution < -0.4 is 16.4 Å². The summed E-state index contributed by atoms with van der Waals surface area (Å²) in [4.78, 5) is 4.27. The van der Waals surface area contributed by atoms with Gasteiger partial charge in [0.25, 0.3) is 0 Å². The van der Waals surface area contributed by atoms with Crippen LogP contribution in [0.4, 0.5) is 10.2 Å². The Hall–Kier alpha value is -3.13. The lowest BCUT2D eigenvalue weighted by molar-refractivity contribution is 0.503. The number of nitrogens with zero attached hydrogens (tertiary/aromatic N) is 4. The Morgan fingerprint density at radius 3 is 2.56 bits per heavy atom. The highest BCUT2D eigenvalue weighted by Gasteiger charge is 2.21. The lowest BCUT2D eigenvalue weighted by atomic mass is 9.84. The summed E-state index contributed by atoms with van der Waals surface area (Å²) in [6.07, 6.45) is 1.35. The maximum atomic E-state index is 13.6. The van der Waals surface area contributed by atoms with Crippen LogP contribution in [0.3, 0.4) is 0 Å². The molecule has 180 valence electrons. The first-order valence-corrected chi connectivity index (χ1v) is 10.9. The third-order valence-corrected chi connectivity index (χ3v) is 5.52. The molecule has 0 amide bonds. The number of guanidine groups is 1. The maximum Gasteiger partial charge on any atom is 0.191 e. The van der Waals surface area contributed by atoms with Crippen molar-refractivity contribution in [1.29, 1.82) is 5.26 Å². The fraction of sp³-hybridized carbons (Fsp3) is 0.320. The minimum absolute atomic E-state index is 0. The van der Waals surface area contributed by atoms with Gasteiger partial charge >= 0.3 is 0 Å². The lowest BCUT2D eigenvalue weighted by Crippen LogP contribution is -2.43. The largest absolute Gasteiger partial charge is 0.382 e. The Morgan fingerprint density at radius 2 is 1.91 bits per heavy atom. The van der Waals surface area contributed by atoms with Gasteiger partial charge in [0.15, 0.2) is 5.96 Å². The molecule has 9 heteroatoms. The predicted molar refractivity (Wildman–Crippen MR) is 145 cm³/mol. The highest BCUT2D eigenvalue weighted by Crippen LogP contribution is 2.23. The molecule has 0 unspecified atom stereocenters. The van der Waals surface area contributed by atoms with E-state index in [1.165, 1.54) is 6.07 Å². The summed E-state index contributed by atoms with van der Waals surface area (Å²) in [5.41, 5.74) is 8.72. The number of aliphatic imine (C=N–C) groups is 1. The summed E-state index contributed by atoms with van der Waals surface area (Å²) >= 11 is 0. The fourth-order valence-corrected chi connectivity index (χ4v) is 3.54. The average molecular weight is 575 g/mol. The van der Waals surface area contributed by atoms with E-state index < -0.39 is 0 Å². The smallest absolute Gasteiger partial charge is 0.191 e. The minimum Gasteiger partial charge on any atom is -0.382 e. The van der Waals surface area contributed by atoms with Crippen LogP contribution >= 0.6 is 24.0 Å². The standard InChI is InChI=1S/C25H30FN7.HI/c1-25(2,18-9-7-10-19(26)15-18)17-31-24(29-3)30-14-8-13-22-21(16-27)23(28)33(32-22)20-11-5-4-6-12-20;/h4-7,9-12,15H,8,13-14,17,28H2,1-3H3,(H2,29,30,31);1H. The van der Waals surface area contributed by atoms with Gasteiger partial charge in [-0.3, -0.25) is 4.99 Å². The number of aryl methyl sites for hydroxylation is 1. The van der Waals surface area contributed by atoms with Gasteiger partial charge in [-0.25, -0.2) is 9.07 Å². The van der Waals surface area contributed by atoms with Crippen molar-refractivity contribution in [3.05, 3.63) is 77.2 Å². The molecule has 1 heterocycles. The zero-order valence-corrected chi connectivity index (χ0v) is 22.0. The van der Waals surface area contributed by atoms with Crippen LogP contribution in [0.25, 0.3) is 5.69 Å². The molecule has 3 rings (SSSR count). The van der Waals surface area contributed by atoms with Crippen molar-refractivity contribution in [2.75, 3.05) is 25.9 Å². The highest BCUT2D eigenvalue weighted by molar-refractivity contribution is 14.0. The SMILES string of the molecule is CN=C(NCCCc1nn(-c2ccccc2)c(N)c1C#N)NCC(C)(C)c1cccc(F)c1.I. The molecule has 0 saturated heterocycles. The number of anilines is 1. The number of hydrogen-bond acceptors (Lipinski definition) is 4. The van der Waals surface area contributed by atoms with Gasteiger partial charge in [0.05, 0.1) is 11.4 Å². The number of benzene rings is 2. The van der Waals surface area contributed by atoms with Crippen LogP contribution in [0.1, 0.15) is 37.1 Å². The van der Waals surface area contributed by atoms with E-state index in [9.17, 15) is 9.65 Å². The molecule has 0 aliphatic rings. The summed E-state index contributed by atoms with van der Waals surface area (Å²) in [7, 11) is 1.71. The first-order chi connectivity index (χ1) is 15.9. The minimum atomic E-state index is -0.275. The van der Waals surface area contributed by atoms with Gasteiger partial charge in [0.1, 0.15) is 23.3 Å². The van der Waals surface area contributed by atoms with Crippen molar-refractivity contribution in [3.63, 3.8) is 0 Å². The zero-order chi connectivity index (χ0) is 23.8. The molecule has 3 aromatic rings. The molecule has 7 nitrogen and oxygen atoms in total. The monoisotopic (exact) mass is 575 g/mol. The molecule has 0 atom stereocenters. The van der Waals surface area contributed by atoms with E-state index in [-0.39, 0.29) is 35.2 Å². The van der Waals surface area contributed by atoms with Gasteiger partial charge in [-0.15, -0.1) is 24.0 Å². The Bertz CT molecular complexity index is 1150. The van der Waals surface area contributed by atoms with E-state index in [4.69, 9.17) is 5.73 Å². The number of aromatic nitrogens is 2. The molecule has 0 spiro atoms. The molecular formula is C25H31FIN7. The maximum absolute atomic E-state index is 13.6. The molecule has 0 aliphatic carbocycles. The topological polar surface area (TPSA) is 104 Å². The van der Waals surface area contributed by atoms with Crippen molar-refractivity contribution in [2.24, 2.45) is 4.99 Å². The fourth-order valence-electron chi connectivity index (χ4n) is 3.54. The van der Waals surface area contributed by atoms with Gasteiger partial charge in [-0.2, -0.15) is 10.4 Å². The number of hydrogen-bond donors (Lipinski definition) is 3. The van der Waals surface area contributed by atoms with Crippen LogP contribution in [-0.2, 0) is 11.8 Å². The number of nitriles is 1. The van der Waals surface area contributed by atoms with Crippen molar-refractivity contribution < 1.29 is 4.39 Å². The van der Waals surface area contributed by atoms with Crippen molar-refractivity contribution >= 4 is 35.8 Å². The molecule has 0 saturated carbocycles. The third kappa shape index (κ3) is 6.70. The van der Waals surface area contributed by atoms with Gasteiger partial charge < -0.3 is 16.4 Å². The number of nitrogens with one attached hydrogen (secondary N) is 2. The first-order valence-electron chi connectivity index (χ1n) is 10.9. The Morgan fingerprint density at radius 1 is 1.18 bits per heavy atom. The molecule has 0 aliphatic heterocycles. The average Bonchev–Trinajstić information content (AvgIpc) is 3.14. The second-order valence-electron chi connectivity index (χ2n) is 8.42. The second-order valence-corrected chi connectivity index (χ2v) is 8.42. The zero-order valence-electron chi connectivity index (χ0n) is 19.7. The van der Waals surface area contributed by atoms with E-state index >= 15 is 0 Å². The Labute approximate surface area is 217 Å². The molecule has 0 radical (unpaired) electrons. The van der Waals surface area contributed by atoms with Gasteiger partial charge in [0, 0.05) is 25.6 Å². The van der Waals surface area contributed by atoms with E-state index in [2.05, 4.69) is 40.6 Å². The summed E-state index contributed by atoms with van der Waals surface area (Å²) < 4.78 is 15.2. The van der Waals surface area contributed by atoms with Crippen molar-refractivity contribution in [3.8, 4) is 11.8 Å². The van der Waals surface area contributed by atoms with Crippen LogP contribution in [-0.4, -0.2) is 35.9 Å². The molecule has 1 aromatic heterocycles. The van der Waals surface area contributed by atoms with E-state index in [0.29, 0.717) is 42.5 Å². The summed E-state index contributed by atoms with van der Waals surface area (Å²) in [5, 5.41) is 20.7. The van der Waals surface area contributed by atoms with Crippen LogP contribution in [0.2, 0.25) is 0 Å². The second kappa shape index (κ2) is 12.4. The number of nitrogen functional groups attached to an aromatic ring is 1. The summed E-state index contributed by atoms with van der Waals surface area (Å²) in [5.74, 6) is 0.771. The van der Waals surface area contributed by atoms with Gasteiger partial charge in [0.2, 0.25) is 0 Å². The van der Waals surface area contributed by atoms with Crippen molar-refractivity contribution in [2.45, 2.75) is 32.1 Å². The van der Waals surface area contributed by atoms with E-state index in [1.807, 2.05) is 36.4 Å². The lowest BCUT2D eigenvalue weighted by Gasteiger charge is -2.26. The molecular weight excluding hydrogens is 544 g/mol. The number of halogens is 2. The summed E-state index contributed by atoms with van der Waals surface area (Å²) in [6, 6.07) is 18.4. The summed E-state index contributed by atoms with van der Waals surface area (Å²) in [6.45, 7) is 5.34. The predicted octanol–water partition coefficient (Wildman–Crippen LogP) is 4.16. The normalized spacial score (nSPS) is 11.4. The first kappa shape index (κ1) is 27.1. The van der Waals surface area contributed by atoms with Gasteiger partial charge in [-0.1, -0.05) is 44.2 Å². The Kier molecular flexibility index (Phi) is 9.86. The molecule has 2 aromatic carbocycles. The molecule has 34 heavy (non-hydrogen) atoms.